The molecule has 1 N–H and O–H groups in total. The molecule has 1 saturated heterocycles. The second kappa shape index (κ2) is 9.63. The molecule has 2 aromatic rings. The molecule has 2 atom stereocenters. The summed E-state index contributed by atoms with van der Waals surface area (Å²) in [6, 6.07) is 11.6. The summed E-state index contributed by atoms with van der Waals surface area (Å²) in [5.74, 6) is -0.874. The number of nitrogens with one attached hydrogen (secondary N) is 1. The SMILES string of the molecule is COc1ccc(C(=O)N2C[C@H](c3cccc(C(F)(F)F)c3)[C@H](C(=O)NCC(C)C)C2)cc1. The zero-order valence-electron chi connectivity index (χ0n) is 18.3. The summed E-state index contributed by atoms with van der Waals surface area (Å²) < 4.78 is 44.9. The van der Waals surface area contributed by atoms with Crippen molar-refractivity contribution >= 4 is 11.8 Å². The first kappa shape index (κ1) is 23.6. The number of carbonyl (C=O) groups excluding carboxylic acids is 2. The molecule has 172 valence electrons. The first-order chi connectivity index (χ1) is 15.1. The number of amides is 2. The summed E-state index contributed by atoms with van der Waals surface area (Å²) in [6.07, 6.45) is -4.48. The molecule has 3 rings (SSSR count). The van der Waals surface area contributed by atoms with Crippen LogP contribution in [0.5, 0.6) is 5.75 Å². The van der Waals surface area contributed by atoms with Gasteiger partial charge >= 0.3 is 6.18 Å². The number of halogens is 3. The van der Waals surface area contributed by atoms with Gasteiger partial charge in [0.2, 0.25) is 5.91 Å². The van der Waals surface area contributed by atoms with E-state index in [0.717, 1.165) is 12.1 Å². The Balaban J connectivity index is 1.88. The van der Waals surface area contributed by atoms with Crippen molar-refractivity contribution in [2.24, 2.45) is 11.8 Å². The van der Waals surface area contributed by atoms with Gasteiger partial charge in [-0.3, -0.25) is 9.59 Å². The normalized spacial score (nSPS) is 18.7. The van der Waals surface area contributed by atoms with Gasteiger partial charge in [0.25, 0.3) is 5.91 Å². The van der Waals surface area contributed by atoms with E-state index in [1.165, 1.54) is 18.1 Å². The number of hydrogen-bond donors (Lipinski definition) is 1. The lowest BCUT2D eigenvalue weighted by atomic mass is 9.87. The average molecular weight is 448 g/mol. The first-order valence-corrected chi connectivity index (χ1v) is 10.5. The molecule has 0 saturated carbocycles. The number of benzene rings is 2. The van der Waals surface area contributed by atoms with Crippen LogP contribution in [0.3, 0.4) is 0 Å². The Morgan fingerprint density at radius 1 is 1.12 bits per heavy atom. The molecule has 1 heterocycles. The van der Waals surface area contributed by atoms with Crippen molar-refractivity contribution in [3.05, 3.63) is 65.2 Å². The standard InChI is InChI=1S/C24H27F3N2O3/c1-15(2)12-28-22(30)21-14-29(23(31)16-7-9-19(32-3)10-8-16)13-20(21)17-5-4-6-18(11-17)24(25,26)27/h4-11,15,20-21H,12-14H2,1-3H3,(H,28,30)/t20-,21-/m1/s1. The lowest BCUT2D eigenvalue weighted by Gasteiger charge is -2.20. The highest BCUT2D eigenvalue weighted by atomic mass is 19.4. The maximum absolute atomic E-state index is 13.3. The molecule has 0 radical (unpaired) electrons. The van der Waals surface area contributed by atoms with Crippen LogP contribution < -0.4 is 10.1 Å². The second-order valence-electron chi connectivity index (χ2n) is 8.41. The number of carbonyl (C=O) groups is 2. The van der Waals surface area contributed by atoms with Crippen molar-refractivity contribution in [1.82, 2.24) is 10.2 Å². The summed E-state index contributed by atoms with van der Waals surface area (Å²) in [5, 5.41) is 2.87. The number of rotatable bonds is 6. The van der Waals surface area contributed by atoms with E-state index in [1.54, 1.807) is 30.3 Å². The molecule has 0 spiro atoms. The molecule has 1 aliphatic heterocycles. The summed E-state index contributed by atoms with van der Waals surface area (Å²) in [4.78, 5) is 27.5. The largest absolute Gasteiger partial charge is 0.497 e. The van der Waals surface area contributed by atoms with E-state index in [1.807, 2.05) is 13.8 Å². The number of nitrogens with zero attached hydrogens (tertiary/aromatic N) is 1. The summed E-state index contributed by atoms with van der Waals surface area (Å²) >= 11 is 0. The van der Waals surface area contributed by atoms with Gasteiger partial charge in [0, 0.05) is 31.1 Å². The molecule has 32 heavy (non-hydrogen) atoms. The monoisotopic (exact) mass is 448 g/mol. The van der Waals surface area contributed by atoms with Gasteiger partial charge in [-0.1, -0.05) is 32.0 Å². The van der Waals surface area contributed by atoms with Crippen LogP contribution in [-0.4, -0.2) is 43.5 Å². The average Bonchev–Trinajstić information content (AvgIpc) is 3.22. The Morgan fingerprint density at radius 2 is 1.81 bits per heavy atom. The highest BCUT2D eigenvalue weighted by Gasteiger charge is 2.41. The van der Waals surface area contributed by atoms with E-state index < -0.39 is 23.6 Å². The zero-order chi connectivity index (χ0) is 23.5. The molecule has 8 heteroatoms. The van der Waals surface area contributed by atoms with Gasteiger partial charge in [0.05, 0.1) is 18.6 Å². The Bertz CT molecular complexity index is 958. The van der Waals surface area contributed by atoms with Gasteiger partial charge < -0.3 is 15.0 Å². The van der Waals surface area contributed by atoms with Gasteiger partial charge in [-0.2, -0.15) is 13.2 Å². The van der Waals surface area contributed by atoms with Gasteiger partial charge in [-0.25, -0.2) is 0 Å². The van der Waals surface area contributed by atoms with Crippen LogP contribution in [0.4, 0.5) is 13.2 Å². The summed E-state index contributed by atoms with van der Waals surface area (Å²) in [7, 11) is 1.53. The van der Waals surface area contributed by atoms with E-state index in [9.17, 15) is 22.8 Å². The molecule has 2 amide bonds. The molecule has 1 aliphatic rings. The number of hydrogen-bond acceptors (Lipinski definition) is 3. The third kappa shape index (κ3) is 5.41. The van der Waals surface area contributed by atoms with Crippen LogP contribution >= 0.6 is 0 Å². The van der Waals surface area contributed by atoms with Crippen LogP contribution in [0.1, 0.15) is 41.3 Å². The molecule has 0 bridgehead atoms. The zero-order valence-corrected chi connectivity index (χ0v) is 18.3. The maximum Gasteiger partial charge on any atom is 0.416 e. The number of alkyl halides is 3. The molecule has 1 fully saturated rings. The fraction of sp³-hybridized carbons (Fsp3) is 0.417. The van der Waals surface area contributed by atoms with Crippen molar-refractivity contribution in [2.75, 3.05) is 26.7 Å². The van der Waals surface area contributed by atoms with Gasteiger partial charge in [-0.05, 0) is 41.8 Å². The van der Waals surface area contributed by atoms with Crippen molar-refractivity contribution in [3.8, 4) is 5.75 Å². The Kier molecular flexibility index (Phi) is 7.11. The molecule has 0 aliphatic carbocycles. The minimum Gasteiger partial charge on any atom is -0.497 e. The maximum atomic E-state index is 13.3. The fourth-order valence-corrected chi connectivity index (χ4v) is 3.87. The van der Waals surface area contributed by atoms with E-state index in [-0.39, 0.29) is 30.8 Å². The molecule has 5 nitrogen and oxygen atoms in total. The van der Waals surface area contributed by atoms with Crippen molar-refractivity contribution in [2.45, 2.75) is 25.9 Å². The third-order valence-corrected chi connectivity index (χ3v) is 5.61. The lowest BCUT2D eigenvalue weighted by molar-refractivity contribution is -0.137. The predicted molar refractivity (Wildman–Crippen MR) is 114 cm³/mol. The lowest BCUT2D eigenvalue weighted by Crippen LogP contribution is -2.37. The highest BCUT2D eigenvalue weighted by molar-refractivity contribution is 5.95. The van der Waals surface area contributed by atoms with Gasteiger partial charge in [0.1, 0.15) is 5.75 Å². The first-order valence-electron chi connectivity index (χ1n) is 10.5. The smallest absolute Gasteiger partial charge is 0.416 e. The Morgan fingerprint density at radius 3 is 2.41 bits per heavy atom. The predicted octanol–water partition coefficient (Wildman–Crippen LogP) is 4.34. The minimum atomic E-state index is -4.48. The van der Waals surface area contributed by atoms with Crippen molar-refractivity contribution < 1.29 is 27.5 Å². The topological polar surface area (TPSA) is 58.6 Å². The fourth-order valence-electron chi connectivity index (χ4n) is 3.87. The second-order valence-corrected chi connectivity index (χ2v) is 8.41. The van der Waals surface area contributed by atoms with Crippen molar-refractivity contribution in [3.63, 3.8) is 0 Å². The quantitative estimate of drug-likeness (QED) is 0.715. The van der Waals surface area contributed by atoms with Crippen LogP contribution in [0.25, 0.3) is 0 Å². The van der Waals surface area contributed by atoms with E-state index in [4.69, 9.17) is 4.74 Å². The minimum absolute atomic E-state index is 0.135. The van der Waals surface area contributed by atoms with Crippen LogP contribution in [0.15, 0.2) is 48.5 Å². The van der Waals surface area contributed by atoms with Crippen LogP contribution in [0.2, 0.25) is 0 Å². The number of ether oxygens (including phenoxy) is 1. The van der Waals surface area contributed by atoms with E-state index >= 15 is 0 Å². The third-order valence-electron chi connectivity index (χ3n) is 5.61. The van der Waals surface area contributed by atoms with Crippen LogP contribution in [0, 0.1) is 11.8 Å². The van der Waals surface area contributed by atoms with Gasteiger partial charge in [-0.15, -0.1) is 0 Å². The Labute approximate surface area is 185 Å². The molecule has 0 aromatic heterocycles. The number of likely N-dealkylation sites (tertiary alicyclic amines) is 1. The van der Waals surface area contributed by atoms with E-state index in [2.05, 4.69) is 5.32 Å². The molecular formula is C24H27F3N2O3. The van der Waals surface area contributed by atoms with Gasteiger partial charge in [0.15, 0.2) is 0 Å². The summed E-state index contributed by atoms with van der Waals surface area (Å²) in [5.41, 5.74) is 0.0580. The molecular weight excluding hydrogens is 421 g/mol. The van der Waals surface area contributed by atoms with Crippen LogP contribution in [-0.2, 0) is 11.0 Å². The van der Waals surface area contributed by atoms with E-state index in [0.29, 0.717) is 23.4 Å². The molecule has 0 unspecified atom stereocenters. The summed E-state index contributed by atoms with van der Waals surface area (Å²) in [6.45, 7) is 4.66. The van der Waals surface area contributed by atoms with Crippen molar-refractivity contribution in [1.29, 1.82) is 0 Å². The number of methoxy groups -OCH3 is 1. The highest BCUT2D eigenvalue weighted by Crippen LogP contribution is 2.37. The molecule has 2 aromatic carbocycles. The Hall–Kier alpha value is -3.03.